The van der Waals surface area contributed by atoms with Crippen molar-refractivity contribution < 1.29 is 27.5 Å². The van der Waals surface area contributed by atoms with Gasteiger partial charge in [0, 0.05) is 35.2 Å². The molecule has 196 valence electrons. The molecule has 3 rings (SSSR count). The maximum atomic E-state index is 13.0. The Labute approximate surface area is 229 Å². The zero-order valence-electron chi connectivity index (χ0n) is 19.4. The van der Waals surface area contributed by atoms with Crippen LogP contribution in [0.2, 0.25) is 0 Å². The number of nitrogens with two attached hydrogens (primary N) is 1. The quantitative estimate of drug-likeness (QED) is 0.159. The Morgan fingerprint density at radius 1 is 1.05 bits per heavy atom. The van der Waals surface area contributed by atoms with Crippen LogP contribution in [-0.2, 0) is 6.42 Å². The van der Waals surface area contributed by atoms with Gasteiger partial charge in [0.05, 0.1) is 41.0 Å². The first-order valence-electron chi connectivity index (χ1n) is 10.1. The molecule has 0 aliphatic carbocycles. The summed E-state index contributed by atoms with van der Waals surface area (Å²) in [4.78, 5) is 15.3. The summed E-state index contributed by atoms with van der Waals surface area (Å²) in [5.74, 6) is -3.08. The SMILES string of the molecule is CCO.N#CCC(N)=S.N#CCc1nc(-c2cc(F)cc(F)c2)cs1.O=C(CBr)c1cc(F)cc(F)c1. The highest BCUT2D eigenvalue weighted by Crippen LogP contribution is 2.23. The van der Waals surface area contributed by atoms with Gasteiger partial charge in [0.15, 0.2) is 5.78 Å². The second-order valence-electron chi connectivity index (χ2n) is 6.45. The van der Waals surface area contributed by atoms with Crippen molar-refractivity contribution in [3.8, 4) is 23.4 Å². The van der Waals surface area contributed by atoms with Crippen LogP contribution >= 0.6 is 39.5 Å². The van der Waals surface area contributed by atoms with Crippen molar-refractivity contribution >= 4 is 50.3 Å². The molecule has 0 fully saturated rings. The number of carbonyl (C=O) groups excluding carboxylic acids is 1. The van der Waals surface area contributed by atoms with Crippen LogP contribution in [0.3, 0.4) is 0 Å². The fourth-order valence-electron chi connectivity index (χ4n) is 2.16. The Morgan fingerprint density at radius 3 is 1.92 bits per heavy atom. The number of rotatable bonds is 5. The van der Waals surface area contributed by atoms with Gasteiger partial charge in [-0.1, -0.05) is 28.1 Å². The molecule has 1 heterocycles. The number of nitriles is 2. The number of thiocarbonyl (C=S) groups is 1. The molecule has 3 N–H and O–H groups in total. The minimum absolute atomic E-state index is 0.0457. The molecule has 0 unspecified atom stereocenters. The number of benzene rings is 2. The Hall–Kier alpha value is -3.23. The summed E-state index contributed by atoms with van der Waals surface area (Å²) < 4.78 is 50.9. The van der Waals surface area contributed by atoms with Crippen LogP contribution in [0.5, 0.6) is 0 Å². The first kappa shape index (κ1) is 33.8. The summed E-state index contributed by atoms with van der Waals surface area (Å²) in [6.07, 6.45) is 0.401. The number of halogens is 5. The van der Waals surface area contributed by atoms with E-state index in [0.29, 0.717) is 16.3 Å². The molecule has 0 atom stereocenters. The lowest BCUT2D eigenvalue weighted by molar-refractivity contribution is 0.102. The van der Waals surface area contributed by atoms with Gasteiger partial charge in [0.1, 0.15) is 28.3 Å². The maximum Gasteiger partial charge on any atom is 0.173 e. The standard InChI is InChI=1S/C11H6F2N2S.C8H5BrF2O.C3H4N2S.C2H6O/c12-8-3-7(4-9(13)5-8)10-6-16-11(15-10)1-2-14;9-4-8(12)5-1-6(10)3-7(11)2-5;4-2-1-3(5)6;1-2-3/h3-6H,1H2;1-3H,4H2;1H2,(H2,5,6);3H,2H2,1H3. The van der Waals surface area contributed by atoms with E-state index in [-0.39, 0.29) is 41.1 Å². The molecule has 1 aromatic heterocycles. The monoisotopic (exact) mass is 616 g/mol. The average molecular weight is 617 g/mol. The van der Waals surface area contributed by atoms with Gasteiger partial charge in [0.2, 0.25) is 0 Å². The first-order chi connectivity index (χ1) is 17.5. The number of Topliss-reactive ketones (excluding diaryl/α,β-unsaturated/α-hetero) is 1. The third-order valence-electron chi connectivity index (χ3n) is 3.50. The lowest BCUT2D eigenvalue weighted by Crippen LogP contribution is -2.04. The third kappa shape index (κ3) is 14.8. The molecular formula is C24H21BrF4N4O2S2. The lowest BCUT2D eigenvalue weighted by Gasteiger charge is -1.97. The van der Waals surface area contributed by atoms with E-state index in [1.165, 1.54) is 23.5 Å². The molecule has 0 saturated carbocycles. The maximum absolute atomic E-state index is 13.0. The number of ketones is 1. The van der Waals surface area contributed by atoms with E-state index in [1.54, 1.807) is 18.4 Å². The van der Waals surface area contributed by atoms with Gasteiger partial charge in [0.25, 0.3) is 0 Å². The molecule has 0 saturated heterocycles. The molecule has 6 nitrogen and oxygen atoms in total. The molecule has 2 aromatic carbocycles. The van der Waals surface area contributed by atoms with Crippen molar-refractivity contribution in [2.75, 3.05) is 11.9 Å². The van der Waals surface area contributed by atoms with Crippen molar-refractivity contribution in [2.24, 2.45) is 5.73 Å². The third-order valence-corrected chi connectivity index (χ3v) is 5.00. The van der Waals surface area contributed by atoms with Crippen LogP contribution < -0.4 is 5.73 Å². The fraction of sp³-hybridized carbons (Fsp3) is 0.208. The van der Waals surface area contributed by atoms with E-state index >= 15 is 0 Å². The summed E-state index contributed by atoms with van der Waals surface area (Å²) in [5, 5.41) is 26.3. The Bertz CT molecular complexity index is 1220. The predicted octanol–water partition coefficient (Wildman–Crippen LogP) is 5.88. The fourth-order valence-corrected chi connectivity index (χ4v) is 3.29. The number of aliphatic hydroxyl groups excluding tert-OH is 1. The largest absolute Gasteiger partial charge is 0.397 e. The van der Waals surface area contributed by atoms with E-state index in [4.69, 9.17) is 21.4 Å². The summed E-state index contributed by atoms with van der Waals surface area (Å²) >= 11 is 8.56. The Balaban J connectivity index is 0.000000543. The van der Waals surface area contributed by atoms with E-state index in [0.717, 1.165) is 24.3 Å². The van der Waals surface area contributed by atoms with Crippen LogP contribution in [0.4, 0.5) is 17.6 Å². The Kier molecular flexibility index (Phi) is 17.3. The number of hydrogen-bond donors (Lipinski definition) is 2. The summed E-state index contributed by atoms with van der Waals surface area (Å²) in [6.45, 7) is 1.93. The minimum Gasteiger partial charge on any atom is -0.397 e. The molecule has 0 bridgehead atoms. The summed E-state index contributed by atoms with van der Waals surface area (Å²) in [5.41, 5.74) is 5.84. The van der Waals surface area contributed by atoms with E-state index in [2.05, 4.69) is 33.1 Å². The number of thiazole rings is 1. The molecule has 37 heavy (non-hydrogen) atoms. The van der Waals surface area contributed by atoms with Crippen molar-refractivity contribution in [1.82, 2.24) is 4.98 Å². The Morgan fingerprint density at radius 2 is 1.54 bits per heavy atom. The van der Waals surface area contributed by atoms with Gasteiger partial charge in [-0.25, -0.2) is 22.5 Å². The topological polar surface area (TPSA) is 124 Å². The van der Waals surface area contributed by atoms with Crippen molar-refractivity contribution in [2.45, 2.75) is 19.8 Å². The van der Waals surface area contributed by atoms with Crippen LogP contribution in [0, 0.1) is 45.9 Å². The van der Waals surface area contributed by atoms with Crippen LogP contribution in [0.25, 0.3) is 11.3 Å². The van der Waals surface area contributed by atoms with Gasteiger partial charge in [-0.3, -0.25) is 4.79 Å². The number of nitrogens with zero attached hydrogens (tertiary/aromatic N) is 3. The van der Waals surface area contributed by atoms with Gasteiger partial charge in [-0.2, -0.15) is 10.5 Å². The van der Waals surface area contributed by atoms with Crippen molar-refractivity contribution in [3.05, 3.63) is 75.6 Å². The molecule has 3 aromatic rings. The van der Waals surface area contributed by atoms with Gasteiger partial charge in [-0.15, -0.1) is 11.3 Å². The molecule has 0 radical (unpaired) electrons. The van der Waals surface area contributed by atoms with Gasteiger partial charge in [-0.05, 0) is 31.2 Å². The van der Waals surface area contributed by atoms with Crippen molar-refractivity contribution in [1.29, 1.82) is 10.5 Å². The van der Waals surface area contributed by atoms with E-state index < -0.39 is 23.3 Å². The minimum atomic E-state index is -0.737. The molecule has 0 aliphatic heterocycles. The van der Waals surface area contributed by atoms with Gasteiger partial charge < -0.3 is 10.8 Å². The average Bonchev–Trinajstić information content (AvgIpc) is 3.28. The van der Waals surface area contributed by atoms with Gasteiger partial charge >= 0.3 is 0 Å². The summed E-state index contributed by atoms with van der Waals surface area (Å²) in [7, 11) is 0. The molecule has 0 spiro atoms. The highest BCUT2D eigenvalue weighted by molar-refractivity contribution is 9.09. The molecule has 0 amide bonds. The number of alkyl halides is 1. The zero-order valence-corrected chi connectivity index (χ0v) is 22.6. The highest BCUT2D eigenvalue weighted by atomic mass is 79.9. The van der Waals surface area contributed by atoms with Crippen LogP contribution in [0.15, 0.2) is 41.8 Å². The molecular weight excluding hydrogens is 596 g/mol. The van der Waals surface area contributed by atoms with Crippen LogP contribution in [0.1, 0.15) is 28.7 Å². The number of carbonyl (C=O) groups is 1. The zero-order chi connectivity index (χ0) is 28.4. The number of hydrogen-bond acceptors (Lipinski definition) is 7. The first-order valence-corrected chi connectivity index (χ1v) is 12.5. The number of aromatic nitrogens is 1. The smallest absolute Gasteiger partial charge is 0.173 e. The van der Waals surface area contributed by atoms with E-state index in [1.807, 2.05) is 6.07 Å². The van der Waals surface area contributed by atoms with E-state index in [9.17, 15) is 22.4 Å². The highest BCUT2D eigenvalue weighted by Gasteiger charge is 2.08. The normalized spacial score (nSPS) is 9.11. The predicted molar refractivity (Wildman–Crippen MR) is 141 cm³/mol. The van der Waals surface area contributed by atoms with Crippen molar-refractivity contribution in [3.63, 3.8) is 0 Å². The lowest BCUT2D eigenvalue weighted by atomic mass is 10.1. The molecule has 13 heteroatoms. The van der Waals surface area contributed by atoms with Crippen LogP contribution in [-0.4, -0.2) is 32.8 Å². The number of aliphatic hydroxyl groups is 1. The second-order valence-corrected chi connectivity index (χ2v) is 8.48. The molecule has 0 aliphatic rings. The summed E-state index contributed by atoms with van der Waals surface area (Å²) in [6, 6.07) is 9.76. The second kappa shape index (κ2) is 19.0.